The van der Waals surface area contributed by atoms with Crippen molar-refractivity contribution in [1.82, 2.24) is 4.98 Å². The maximum Gasteiger partial charge on any atom is 0.157 e. The quantitative estimate of drug-likeness (QED) is 0.342. The van der Waals surface area contributed by atoms with E-state index in [2.05, 4.69) is 4.98 Å². The van der Waals surface area contributed by atoms with Crippen molar-refractivity contribution in [2.24, 2.45) is 0 Å². The average Bonchev–Trinajstić information content (AvgIpc) is 2.66. The fourth-order valence-electron chi connectivity index (χ4n) is 2.36. The summed E-state index contributed by atoms with van der Waals surface area (Å²) in [5.74, 6) is 0.0941. The van der Waals surface area contributed by atoms with E-state index in [1.165, 1.54) is 12.1 Å². The van der Waals surface area contributed by atoms with Crippen LogP contribution in [-0.4, -0.2) is 11.6 Å². The normalized spacial score (nSPS) is 10.8. The van der Waals surface area contributed by atoms with Crippen LogP contribution < -0.4 is 5.06 Å². The number of hydrogen-bond donors (Lipinski definition) is 0. The van der Waals surface area contributed by atoms with Gasteiger partial charge in [-0.15, -0.1) is 0 Å². The summed E-state index contributed by atoms with van der Waals surface area (Å²) in [6.45, 7) is 0.224. The highest BCUT2D eigenvalue weighted by Gasteiger charge is 2.14. The van der Waals surface area contributed by atoms with Crippen LogP contribution in [0.4, 0.5) is 15.9 Å². The van der Waals surface area contributed by atoms with Crippen LogP contribution in [0.2, 0.25) is 15.1 Å². The zero-order chi connectivity index (χ0) is 18.5. The summed E-state index contributed by atoms with van der Waals surface area (Å²) in [5.41, 5.74) is 1.26. The van der Waals surface area contributed by atoms with Crippen LogP contribution in [-0.2, 0) is 11.3 Å². The van der Waals surface area contributed by atoms with E-state index in [-0.39, 0.29) is 11.6 Å². The highest BCUT2D eigenvalue weighted by atomic mass is 35.5. The highest BCUT2D eigenvalue weighted by molar-refractivity contribution is 6.36. The van der Waals surface area contributed by atoms with Crippen molar-refractivity contribution in [2.45, 2.75) is 6.42 Å². The molecule has 2 aromatic carbocycles. The van der Waals surface area contributed by atoms with Gasteiger partial charge in [-0.3, -0.25) is 4.84 Å². The molecule has 3 nitrogen and oxygen atoms in total. The summed E-state index contributed by atoms with van der Waals surface area (Å²) in [7, 11) is 0. The molecule has 0 aliphatic rings. The third-order valence-corrected chi connectivity index (χ3v) is 4.64. The summed E-state index contributed by atoms with van der Waals surface area (Å²) in [5, 5.41) is 2.61. The van der Waals surface area contributed by atoms with Gasteiger partial charge in [-0.2, -0.15) is 0 Å². The van der Waals surface area contributed by atoms with Gasteiger partial charge in [0.25, 0.3) is 0 Å². The van der Waals surface area contributed by atoms with Gasteiger partial charge < -0.3 is 0 Å². The minimum absolute atomic E-state index is 0.0111. The summed E-state index contributed by atoms with van der Waals surface area (Å²) >= 11 is 18.1. The molecule has 0 amide bonds. The third-order valence-electron chi connectivity index (χ3n) is 3.63. The molecule has 3 aromatic rings. The second kappa shape index (κ2) is 8.69. The van der Waals surface area contributed by atoms with Gasteiger partial charge in [0.05, 0.1) is 17.3 Å². The van der Waals surface area contributed by atoms with Crippen molar-refractivity contribution < 1.29 is 9.23 Å². The average molecular weight is 412 g/mol. The lowest BCUT2D eigenvalue weighted by Gasteiger charge is -2.23. The molecule has 134 valence electrons. The Morgan fingerprint density at radius 1 is 0.962 bits per heavy atom. The molecule has 1 heterocycles. The first kappa shape index (κ1) is 18.9. The third kappa shape index (κ3) is 4.46. The number of pyridine rings is 1. The van der Waals surface area contributed by atoms with E-state index in [0.717, 1.165) is 5.69 Å². The van der Waals surface area contributed by atoms with Crippen molar-refractivity contribution in [3.8, 4) is 0 Å². The largest absolute Gasteiger partial charge is 0.267 e. The van der Waals surface area contributed by atoms with E-state index in [0.29, 0.717) is 27.8 Å². The van der Waals surface area contributed by atoms with E-state index in [9.17, 15) is 4.39 Å². The Balaban J connectivity index is 1.79. The standard InChI is InChI=1S/C19H14Cl3FN2O/c20-13-4-6-14(7-5-13)25(18-3-1-2-11-24-18)26-12-10-15-16(21)8-9-17(23)19(15)22/h1-9,11H,10,12H2. The van der Waals surface area contributed by atoms with Crippen LogP contribution in [0.5, 0.6) is 0 Å². The number of nitrogens with zero attached hydrogens (tertiary/aromatic N) is 2. The van der Waals surface area contributed by atoms with Crippen molar-refractivity contribution in [2.75, 3.05) is 11.7 Å². The molecule has 0 aliphatic heterocycles. The molecule has 0 atom stereocenters. The minimum Gasteiger partial charge on any atom is -0.267 e. The molecular formula is C19H14Cl3FN2O. The SMILES string of the molecule is Fc1ccc(Cl)c(CCON(c2ccc(Cl)cc2)c2ccccn2)c1Cl. The molecule has 0 saturated carbocycles. The van der Waals surface area contributed by atoms with Crippen LogP contribution >= 0.6 is 34.8 Å². The Bertz CT molecular complexity index is 876. The fourth-order valence-corrected chi connectivity index (χ4v) is 3.05. The summed E-state index contributed by atoms with van der Waals surface area (Å²) in [6.07, 6.45) is 2.01. The predicted octanol–water partition coefficient (Wildman–Crippen LogP) is 6.49. The maximum absolute atomic E-state index is 13.6. The van der Waals surface area contributed by atoms with Crippen LogP contribution in [0.15, 0.2) is 60.8 Å². The van der Waals surface area contributed by atoms with E-state index in [1.54, 1.807) is 23.4 Å². The molecule has 0 radical (unpaired) electrons. The van der Waals surface area contributed by atoms with Gasteiger partial charge in [0, 0.05) is 22.7 Å². The summed E-state index contributed by atoms with van der Waals surface area (Å²) in [4.78, 5) is 10.2. The Hall–Kier alpha value is -1.85. The molecular weight excluding hydrogens is 398 g/mol. The Morgan fingerprint density at radius 3 is 2.42 bits per heavy atom. The Kier molecular flexibility index (Phi) is 6.33. The second-order valence-corrected chi connectivity index (χ2v) is 6.59. The zero-order valence-electron chi connectivity index (χ0n) is 13.5. The number of anilines is 2. The Labute approximate surface area is 165 Å². The van der Waals surface area contributed by atoms with Crippen LogP contribution in [0.3, 0.4) is 0 Å². The lowest BCUT2D eigenvalue weighted by atomic mass is 10.1. The van der Waals surface area contributed by atoms with Crippen molar-refractivity contribution in [3.63, 3.8) is 0 Å². The number of rotatable bonds is 6. The predicted molar refractivity (Wildman–Crippen MR) is 104 cm³/mol. The van der Waals surface area contributed by atoms with Gasteiger partial charge in [-0.05, 0) is 54.1 Å². The van der Waals surface area contributed by atoms with Gasteiger partial charge in [0.1, 0.15) is 5.82 Å². The molecule has 3 rings (SSSR count). The number of hydrogen-bond acceptors (Lipinski definition) is 3. The summed E-state index contributed by atoms with van der Waals surface area (Å²) in [6, 6.07) is 15.4. The van der Waals surface area contributed by atoms with Crippen LogP contribution in [0, 0.1) is 5.82 Å². The molecule has 0 aliphatic carbocycles. The molecule has 7 heteroatoms. The Morgan fingerprint density at radius 2 is 1.73 bits per heavy atom. The molecule has 0 fully saturated rings. The molecule has 0 bridgehead atoms. The summed E-state index contributed by atoms with van der Waals surface area (Å²) < 4.78 is 13.6. The lowest BCUT2D eigenvalue weighted by molar-refractivity contribution is 0.137. The molecule has 0 N–H and O–H groups in total. The number of benzene rings is 2. The van der Waals surface area contributed by atoms with E-state index >= 15 is 0 Å². The molecule has 1 aromatic heterocycles. The molecule has 26 heavy (non-hydrogen) atoms. The molecule has 0 saturated heterocycles. The fraction of sp³-hybridized carbons (Fsp3) is 0.105. The number of aromatic nitrogens is 1. The molecule has 0 spiro atoms. The topological polar surface area (TPSA) is 25.4 Å². The smallest absolute Gasteiger partial charge is 0.157 e. The monoisotopic (exact) mass is 410 g/mol. The van der Waals surface area contributed by atoms with Crippen molar-refractivity contribution in [3.05, 3.63) is 87.2 Å². The molecule has 0 unspecified atom stereocenters. The van der Waals surface area contributed by atoms with Gasteiger partial charge in [0.2, 0.25) is 0 Å². The van der Waals surface area contributed by atoms with Gasteiger partial charge in [-0.25, -0.2) is 14.4 Å². The first-order valence-corrected chi connectivity index (χ1v) is 8.91. The van der Waals surface area contributed by atoms with Crippen molar-refractivity contribution >= 4 is 46.3 Å². The van der Waals surface area contributed by atoms with Gasteiger partial charge in [0.15, 0.2) is 5.82 Å². The van der Waals surface area contributed by atoms with Gasteiger partial charge in [-0.1, -0.05) is 40.9 Å². The second-order valence-electron chi connectivity index (χ2n) is 5.36. The van der Waals surface area contributed by atoms with E-state index in [1.807, 2.05) is 30.3 Å². The minimum atomic E-state index is -0.509. The first-order valence-electron chi connectivity index (χ1n) is 7.78. The zero-order valence-corrected chi connectivity index (χ0v) is 15.8. The van der Waals surface area contributed by atoms with Crippen LogP contribution in [0.25, 0.3) is 0 Å². The van der Waals surface area contributed by atoms with E-state index < -0.39 is 5.82 Å². The highest BCUT2D eigenvalue weighted by Crippen LogP contribution is 2.29. The lowest BCUT2D eigenvalue weighted by Crippen LogP contribution is -2.20. The van der Waals surface area contributed by atoms with Crippen LogP contribution in [0.1, 0.15) is 5.56 Å². The van der Waals surface area contributed by atoms with Gasteiger partial charge >= 0.3 is 0 Å². The van der Waals surface area contributed by atoms with Crippen molar-refractivity contribution in [1.29, 1.82) is 0 Å². The first-order chi connectivity index (χ1) is 12.6. The number of halogens is 4. The maximum atomic E-state index is 13.6. The van der Waals surface area contributed by atoms with E-state index in [4.69, 9.17) is 39.6 Å².